The topological polar surface area (TPSA) is 64.9 Å². The second-order valence-corrected chi connectivity index (χ2v) is 4.33. The molecule has 1 aliphatic rings. The van der Waals surface area contributed by atoms with Crippen LogP contribution in [0, 0.1) is 0 Å². The molecule has 1 heterocycles. The van der Waals surface area contributed by atoms with Gasteiger partial charge < -0.3 is 10.1 Å². The van der Waals surface area contributed by atoms with E-state index in [0.29, 0.717) is 12.6 Å². The highest BCUT2D eigenvalue weighted by atomic mass is 16.5. The zero-order chi connectivity index (χ0) is 12.4. The molecule has 0 bridgehead atoms. The first-order valence-corrected chi connectivity index (χ1v) is 6.02. The van der Waals surface area contributed by atoms with Crippen LogP contribution in [0.25, 0.3) is 5.69 Å². The number of hydrogen-bond acceptors (Lipinski definition) is 5. The summed E-state index contributed by atoms with van der Waals surface area (Å²) in [7, 11) is 1.64. The van der Waals surface area contributed by atoms with E-state index in [4.69, 9.17) is 4.74 Å². The van der Waals surface area contributed by atoms with E-state index in [1.807, 2.05) is 24.3 Å². The zero-order valence-corrected chi connectivity index (χ0v) is 10.2. The van der Waals surface area contributed by atoms with Gasteiger partial charge in [0.15, 0.2) is 5.82 Å². The molecule has 0 aliphatic heterocycles. The number of nitrogens with one attached hydrogen (secondary N) is 1. The molecule has 0 saturated heterocycles. The molecule has 0 atom stereocenters. The fourth-order valence-corrected chi connectivity index (χ4v) is 1.83. The van der Waals surface area contributed by atoms with Crippen molar-refractivity contribution in [2.24, 2.45) is 0 Å². The summed E-state index contributed by atoms with van der Waals surface area (Å²) >= 11 is 0. The average molecular weight is 245 g/mol. The summed E-state index contributed by atoms with van der Waals surface area (Å²) < 4.78 is 7.04. The third-order valence-electron chi connectivity index (χ3n) is 2.97. The number of ether oxygens (including phenoxy) is 1. The average Bonchev–Trinajstić information content (AvgIpc) is 3.13. The number of aromatic nitrogens is 4. The number of tetrazole rings is 1. The van der Waals surface area contributed by atoms with Crippen molar-refractivity contribution in [3.05, 3.63) is 30.1 Å². The van der Waals surface area contributed by atoms with E-state index in [1.54, 1.807) is 11.8 Å². The Hall–Kier alpha value is -1.95. The van der Waals surface area contributed by atoms with Crippen molar-refractivity contribution < 1.29 is 4.74 Å². The number of benzene rings is 1. The van der Waals surface area contributed by atoms with Crippen LogP contribution in [-0.2, 0) is 6.54 Å². The van der Waals surface area contributed by atoms with Crippen molar-refractivity contribution in [2.75, 3.05) is 7.11 Å². The lowest BCUT2D eigenvalue weighted by Crippen LogP contribution is -2.19. The maximum Gasteiger partial charge on any atom is 0.170 e. The van der Waals surface area contributed by atoms with Gasteiger partial charge in [0.2, 0.25) is 0 Å². The molecule has 6 nitrogen and oxygen atoms in total. The third kappa shape index (κ3) is 2.19. The van der Waals surface area contributed by atoms with E-state index in [-0.39, 0.29) is 0 Å². The molecule has 1 aromatic carbocycles. The summed E-state index contributed by atoms with van der Waals surface area (Å²) in [6, 6.07) is 8.34. The first-order valence-electron chi connectivity index (χ1n) is 6.02. The third-order valence-corrected chi connectivity index (χ3v) is 2.97. The molecule has 18 heavy (non-hydrogen) atoms. The summed E-state index contributed by atoms with van der Waals surface area (Å²) in [5, 5.41) is 15.2. The molecular formula is C12H15N5O. The van der Waals surface area contributed by atoms with E-state index in [2.05, 4.69) is 20.8 Å². The van der Waals surface area contributed by atoms with Gasteiger partial charge in [-0.15, -0.1) is 5.10 Å². The largest absolute Gasteiger partial charge is 0.494 e. The van der Waals surface area contributed by atoms with E-state index >= 15 is 0 Å². The second-order valence-electron chi connectivity index (χ2n) is 4.33. The van der Waals surface area contributed by atoms with Gasteiger partial charge in [-0.2, -0.15) is 4.68 Å². The molecular weight excluding hydrogens is 230 g/mol. The molecule has 1 N–H and O–H groups in total. The Morgan fingerprint density at radius 2 is 2.22 bits per heavy atom. The van der Waals surface area contributed by atoms with Gasteiger partial charge in [0.1, 0.15) is 11.4 Å². The lowest BCUT2D eigenvalue weighted by Gasteiger charge is -2.09. The molecule has 0 spiro atoms. The molecule has 6 heteroatoms. The van der Waals surface area contributed by atoms with Crippen molar-refractivity contribution in [1.82, 2.24) is 25.5 Å². The zero-order valence-electron chi connectivity index (χ0n) is 10.2. The van der Waals surface area contributed by atoms with Crippen LogP contribution in [0.3, 0.4) is 0 Å². The van der Waals surface area contributed by atoms with Crippen molar-refractivity contribution in [2.45, 2.75) is 25.4 Å². The second kappa shape index (κ2) is 4.73. The van der Waals surface area contributed by atoms with Crippen molar-refractivity contribution >= 4 is 0 Å². The SMILES string of the molecule is COc1ccccc1-n1nnnc1CNC1CC1. The highest BCUT2D eigenvalue weighted by molar-refractivity contribution is 5.46. The molecule has 2 aromatic rings. The highest BCUT2D eigenvalue weighted by Crippen LogP contribution is 2.22. The number of rotatable bonds is 5. The Labute approximate surface area is 105 Å². The van der Waals surface area contributed by atoms with Crippen LogP contribution in [0.2, 0.25) is 0 Å². The molecule has 0 unspecified atom stereocenters. The summed E-state index contributed by atoms with van der Waals surface area (Å²) in [6.07, 6.45) is 2.49. The molecule has 0 radical (unpaired) electrons. The van der Waals surface area contributed by atoms with Crippen molar-refractivity contribution in [3.8, 4) is 11.4 Å². The van der Waals surface area contributed by atoms with Crippen LogP contribution in [-0.4, -0.2) is 33.4 Å². The monoisotopic (exact) mass is 245 g/mol. The van der Waals surface area contributed by atoms with E-state index in [9.17, 15) is 0 Å². The summed E-state index contributed by atoms with van der Waals surface area (Å²) in [5.74, 6) is 1.56. The number of hydrogen-bond donors (Lipinski definition) is 1. The van der Waals surface area contributed by atoms with Crippen LogP contribution in [0.5, 0.6) is 5.75 Å². The van der Waals surface area contributed by atoms with Gasteiger partial charge in [-0.1, -0.05) is 12.1 Å². The van der Waals surface area contributed by atoms with Crippen molar-refractivity contribution in [1.29, 1.82) is 0 Å². The predicted octanol–water partition coefficient (Wildman–Crippen LogP) is 0.923. The lowest BCUT2D eigenvalue weighted by molar-refractivity contribution is 0.410. The predicted molar refractivity (Wildman–Crippen MR) is 65.6 cm³/mol. The Morgan fingerprint density at radius 3 is 3.00 bits per heavy atom. The van der Waals surface area contributed by atoms with Gasteiger partial charge in [0.25, 0.3) is 0 Å². The molecule has 0 amide bonds. The molecule has 1 aliphatic carbocycles. The van der Waals surface area contributed by atoms with E-state index in [0.717, 1.165) is 17.3 Å². The Balaban J connectivity index is 1.88. The smallest absolute Gasteiger partial charge is 0.170 e. The van der Waals surface area contributed by atoms with Gasteiger partial charge in [0.05, 0.1) is 13.7 Å². The fraction of sp³-hybridized carbons (Fsp3) is 0.417. The number of para-hydroxylation sites is 2. The summed E-state index contributed by atoms with van der Waals surface area (Å²) in [6.45, 7) is 0.676. The standard InChI is InChI=1S/C12H15N5O/c1-18-11-5-3-2-4-10(11)17-12(14-15-16-17)8-13-9-6-7-9/h2-5,9,13H,6-8H2,1H3. The molecule has 94 valence electrons. The van der Waals surface area contributed by atoms with Gasteiger partial charge in [-0.25, -0.2) is 0 Å². The molecule has 1 aromatic heterocycles. The first kappa shape index (κ1) is 11.2. The van der Waals surface area contributed by atoms with Crippen LogP contribution in [0.1, 0.15) is 18.7 Å². The molecule has 3 rings (SSSR count). The summed E-state index contributed by atoms with van der Waals surface area (Å²) in [5.41, 5.74) is 0.859. The minimum atomic E-state index is 0.632. The number of nitrogens with zero attached hydrogens (tertiary/aromatic N) is 4. The first-order chi connectivity index (χ1) is 8.88. The normalized spacial score (nSPS) is 14.7. The van der Waals surface area contributed by atoms with Crippen LogP contribution in [0.4, 0.5) is 0 Å². The van der Waals surface area contributed by atoms with Gasteiger partial charge >= 0.3 is 0 Å². The number of methoxy groups -OCH3 is 1. The van der Waals surface area contributed by atoms with Gasteiger partial charge in [-0.3, -0.25) is 0 Å². The maximum atomic E-state index is 5.33. The minimum Gasteiger partial charge on any atom is -0.494 e. The van der Waals surface area contributed by atoms with E-state index < -0.39 is 0 Å². The maximum absolute atomic E-state index is 5.33. The van der Waals surface area contributed by atoms with Crippen LogP contribution < -0.4 is 10.1 Å². The van der Waals surface area contributed by atoms with Crippen molar-refractivity contribution in [3.63, 3.8) is 0 Å². The Morgan fingerprint density at radius 1 is 1.39 bits per heavy atom. The quantitative estimate of drug-likeness (QED) is 0.848. The van der Waals surface area contributed by atoms with Crippen LogP contribution in [0.15, 0.2) is 24.3 Å². The fourth-order valence-electron chi connectivity index (χ4n) is 1.83. The lowest BCUT2D eigenvalue weighted by atomic mass is 10.3. The van der Waals surface area contributed by atoms with Gasteiger partial charge in [-0.05, 0) is 35.4 Å². The molecule has 1 saturated carbocycles. The van der Waals surface area contributed by atoms with E-state index in [1.165, 1.54) is 12.8 Å². The van der Waals surface area contributed by atoms with Gasteiger partial charge in [0, 0.05) is 6.04 Å². The Bertz CT molecular complexity index is 535. The minimum absolute atomic E-state index is 0.632. The van der Waals surface area contributed by atoms with Crippen LogP contribution >= 0.6 is 0 Å². The molecule has 1 fully saturated rings. The Kier molecular flexibility index (Phi) is 2.93. The summed E-state index contributed by atoms with van der Waals surface area (Å²) in [4.78, 5) is 0. The highest BCUT2D eigenvalue weighted by Gasteiger charge is 2.21.